The van der Waals surface area contributed by atoms with E-state index in [0.29, 0.717) is 22.4 Å². The van der Waals surface area contributed by atoms with Gasteiger partial charge in [0.15, 0.2) is 0 Å². The molecule has 0 spiro atoms. The lowest BCUT2D eigenvalue weighted by Gasteiger charge is -2.24. The zero-order valence-electron chi connectivity index (χ0n) is 12.7. The molecular formula is C19H18ClFO2. The molecule has 1 aliphatic carbocycles. The highest BCUT2D eigenvalue weighted by molar-refractivity contribution is 6.31. The molecule has 1 saturated carbocycles. The van der Waals surface area contributed by atoms with E-state index in [1.807, 2.05) is 6.08 Å². The predicted molar refractivity (Wildman–Crippen MR) is 90.2 cm³/mol. The molecule has 2 aromatic carbocycles. The topological polar surface area (TPSA) is 26.3 Å². The molecule has 0 unspecified atom stereocenters. The largest absolute Gasteiger partial charge is 0.426 e. The number of fused-ring (bicyclic) bond motifs is 1. The average Bonchev–Trinajstić information content (AvgIpc) is 2.58. The molecule has 3 rings (SSSR count). The summed E-state index contributed by atoms with van der Waals surface area (Å²) in [7, 11) is 0. The Morgan fingerprint density at radius 1 is 1.22 bits per heavy atom. The van der Waals surface area contributed by atoms with Crippen molar-refractivity contribution in [3.05, 3.63) is 53.8 Å². The fraction of sp³-hybridized carbons (Fsp3) is 0.316. The third-order valence-corrected chi connectivity index (χ3v) is 4.83. The first-order valence-corrected chi connectivity index (χ1v) is 8.18. The fourth-order valence-electron chi connectivity index (χ4n) is 3.10. The highest BCUT2D eigenvalue weighted by atomic mass is 35.5. The molecule has 4 heteroatoms. The summed E-state index contributed by atoms with van der Waals surface area (Å²) >= 11 is 5.77. The normalized spacial score (nSPS) is 21.1. The van der Waals surface area contributed by atoms with Crippen molar-refractivity contribution in [2.24, 2.45) is 11.8 Å². The Hall–Kier alpha value is -1.87. The Labute approximate surface area is 139 Å². The highest BCUT2D eigenvalue weighted by Crippen LogP contribution is 2.32. The van der Waals surface area contributed by atoms with Crippen LogP contribution >= 0.6 is 11.6 Å². The summed E-state index contributed by atoms with van der Waals surface area (Å²) in [5.41, 5.74) is 0. The Morgan fingerprint density at radius 3 is 2.65 bits per heavy atom. The van der Waals surface area contributed by atoms with E-state index < -0.39 is 5.82 Å². The van der Waals surface area contributed by atoms with Crippen molar-refractivity contribution < 1.29 is 13.9 Å². The number of halogens is 2. The predicted octanol–water partition coefficient (Wildman–Crippen LogP) is 5.53. The summed E-state index contributed by atoms with van der Waals surface area (Å²) < 4.78 is 19.4. The number of carbonyl (C=O) groups excluding carboxylic acids is 1. The molecule has 0 bridgehead atoms. The van der Waals surface area contributed by atoms with Crippen molar-refractivity contribution in [3.8, 4) is 5.75 Å². The van der Waals surface area contributed by atoms with Gasteiger partial charge in [-0.05, 0) is 61.3 Å². The van der Waals surface area contributed by atoms with Crippen LogP contribution in [-0.4, -0.2) is 5.97 Å². The molecule has 1 aliphatic rings. The summed E-state index contributed by atoms with van der Waals surface area (Å²) in [4.78, 5) is 12.3. The second-order valence-corrected chi connectivity index (χ2v) is 6.42. The summed E-state index contributed by atoms with van der Waals surface area (Å²) in [6, 6.07) is 8.08. The zero-order valence-corrected chi connectivity index (χ0v) is 13.5. The van der Waals surface area contributed by atoms with Gasteiger partial charge in [-0.2, -0.15) is 0 Å². The van der Waals surface area contributed by atoms with Gasteiger partial charge in [-0.15, -0.1) is 6.58 Å². The number of carbonyl (C=O) groups is 1. The van der Waals surface area contributed by atoms with E-state index in [1.54, 1.807) is 24.3 Å². The monoisotopic (exact) mass is 332 g/mol. The lowest BCUT2D eigenvalue weighted by Crippen LogP contribution is -2.25. The Kier molecular flexibility index (Phi) is 4.67. The Morgan fingerprint density at radius 2 is 1.96 bits per heavy atom. The molecule has 1 fully saturated rings. The minimum Gasteiger partial charge on any atom is -0.426 e. The third-order valence-electron chi connectivity index (χ3n) is 4.54. The standard InChI is InChI=1S/C19H18ClFO2/c1-2-12-3-5-13(6-4-12)19(22)23-15-8-9-16-14(11-15)7-10-17(20)18(16)21/h2,7-13H,1,3-6H2. The summed E-state index contributed by atoms with van der Waals surface area (Å²) in [6.07, 6.45) is 5.57. The van der Waals surface area contributed by atoms with Crippen LogP contribution in [0.3, 0.4) is 0 Å². The molecule has 0 atom stereocenters. The van der Waals surface area contributed by atoms with E-state index in [-0.39, 0.29) is 16.9 Å². The lowest BCUT2D eigenvalue weighted by atomic mass is 9.82. The minimum atomic E-state index is -0.454. The fourth-order valence-corrected chi connectivity index (χ4v) is 3.26. The van der Waals surface area contributed by atoms with Crippen LogP contribution in [0.25, 0.3) is 10.8 Å². The van der Waals surface area contributed by atoms with Gasteiger partial charge in [-0.1, -0.05) is 23.7 Å². The quantitative estimate of drug-likeness (QED) is 0.419. The van der Waals surface area contributed by atoms with Gasteiger partial charge in [-0.25, -0.2) is 4.39 Å². The molecule has 120 valence electrons. The maximum atomic E-state index is 13.9. The minimum absolute atomic E-state index is 0.0659. The average molecular weight is 333 g/mol. The van der Waals surface area contributed by atoms with Gasteiger partial charge in [0.05, 0.1) is 10.9 Å². The number of esters is 1. The van der Waals surface area contributed by atoms with Crippen LogP contribution in [0.2, 0.25) is 5.02 Å². The van der Waals surface area contributed by atoms with Crippen LogP contribution in [0.4, 0.5) is 4.39 Å². The molecule has 23 heavy (non-hydrogen) atoms. The first-order chi connectivity index (χ1) is 11.1. The molecule has 0 N–H and O–H groups in total. The van der Waals surface area contributed by atoms with Gasteiger partial charge in [0, 0.05) is 5.39 Å². The van der Waals surface area contributed by atoms with Crippen molar-refractivity contribution in [1.29, 1.82) is 0 Å². The Balaban J connectivity index is 1.73. The van der Waals surface area contributed by atoms with E-state index >= 15 is 0 Å². The highest BCUT2D eigenvalue weighted by Gasteiger charge is 2.26. The van der Waals surface area contributed by atoms with Crippen LogP contribution < -0.4 is 4.74 Å². The first kappa shape index (κ1) is 16.0. The zero-order chi connectivity index (χ0) is 16.4. The van der Waals surface area contributed by atoms with Crippen LogP contribution in [0.15, 0.2) is 43.0 Å². The van der Waals surface area contributed by atoms with Crippen LogP contribution in [0, 0.1) is 17.7 Å². The van der Waals surface area contributed by atoms with Gasteiger partial charge in [-0.3, -0.25) is 4.79 Å². The lowest BCUT2D eigenvalue weighted by molar-refractivity contribution is -0.140. The SMILES string of the molecule is C=CC1CCC(C(=O)Oc2ccc3c(F)c(Cl)ccc3c2)CC1. The first-order valence-electron chi connectivity index (χ1n) is 7.80. The van der Waals surface area contributed by atoms with Gasteiger partial charge >= 0.3 is 5.97 Å². The number of hydrogen-bond donors (Lipinski definition) is 0. The Bertz CT molecular complexity index is 748. The second kappa shape index (κ2) is 6.71. The smallest absolute Gasteiger partial charge is 0.314 e. The van der Waals surface area contributed by atoms with E-state index in [1.165, 1.54) is 6.07 Å². The molecule has 0 amide bonds. The number of hydrogen-bond acceptors (Lipinski definition) is 2. The van der Waals surface area contributed by atoms with Gasteiger partial charge in [0.1, 0.15) is 11.6 Å². The van der Waals surface area contributed by atoms with Crippen LogP contribution in [0.5, 0.6) is 5.75 Å². The number of benzene rings is 2. The second-order valence-electron chi connectivity index (χ2n) is 6.01. The summed E-state index contributed by atoms with van der Waals surface area (Å²) in [5, 5.41) is 1.16. The molecule has 2 aromatic rings. The van der Waals surface area contributed by atoms with Gasteiger partial charge in [0.25, 0.3) is 0 Å². The maximum Gasteiger partial charge on any atom is 0.314 e. The van der Waals surface area contributed by atoms with Crippen LogP contribution in [0.1, 0.15) is 25.7 Å². The van der Waals surface area contributed by atoms with E-state index in [4.69, 9.17) is 16.3 Å². The van der Waals surface area contributed by atoms with Crippen molar-refractivity contribution in [2.45, 2.75) is 25.7 Å². The van der Waals surface area contributed by atoms with Gasteiger partial charge < -0.3 is 4.74 Å². The molecular weight excluding hydrogens is 315 g/mol. The summed E-state index contributed by atoms with van der Waals surface area (Å²) in [5.74, 6) is 0.220. The molecule has 0 saturated heterocycles. The molecule has 0 aliphatic heterocycles. The number of rotatable bonds is 3. The molecule has 0 heterocycles. The van der Waals surface area contributed by atoms with Crippen molar-refractivity contribution >= 4 is 28.3 Å². The molecule has 2 nitrogen and oxygen atoms in total. The van der Waals surface area contributed by atoms with Gasteiger partial charge in [0.2, 0.25) is 0 Å². The number of ether oxygens (including phenoxy) is 1. The number of allylic oxidation sites excluding steroid dienone is 1. The van der Waals surface area contributed by atoms with E-state index in [9.17, 15) is 9.18 Å². The van der Waals surface area contributed by atoms with Crippen LogP contribution in [-0.2, 0) is 4.79 Å². The molecule has 0 radical (unpaired) electrons. The maximum absolute atomic E-state index is 13.9. The summed E-state index contributed by atoms with van der Waals surface area (Å²) in [6.45, 7) is 3.81. The van der Waals surface area contributed by atoms with E-state index in [0.717, 1.165) is 25.7 Å². The van der Waals surface area contributed by atoms with Crippen molar-refractivity contribution in [2.75, 3.05) is 0 Å². The van der Waals surface area contributed by atoms with Crippen molar-refractivity contribution in [3.63, 3.8) is 0 Å². The van der Waals surface area contributed by atoms with Crippen molar-refractivity contribution in [1.82, 2.24) is 0 Å². The third kappa shape index (κ3) is 3.40. The van der Waals surface area contributed by atoms with E-state index in [2.05, 4.69) is 6.58 Å². The molecule has 0 aromatic heterocycles.